The third kappa shape index (κ3) is 2.63. The van der Waals surface area contributed by atoms with Gasteiger partial charge in [0.05, 0.1) is 12.0 Å². The Morgan fingerprint density at radius 2 is 2.25 bits per heavy atom. The Kier molecular flexibility index (Phi) is 4.12. The molecule has 1 heterocycles. The predicted molar refractivity (Wildman–Crippen MR) is 58.9 cm³/mol. The van der Waals surface area contributed by atoms with Crippen molar-refractivity contribution >= 4 is 11.7 Å². The molecular formula is C10H19N3O3. The second-order valence-electron chi connectivity index (χ2n) is 4.36. The average Bonchev–Trinajstić information content (AvgIpc) is 2.29. The van der Waals surface area contributed by atoms with E-state index in [9.17, 15) is 9.90 Å². The molecule has 6 heteroatoms. The first-order valence-corrected chi connectivity index (χ1v) is 5.41. The summed E-state index contributed by atoms with van der Waals surface area (Å²) in [6, 6.07) is 0. The van der Waals surface area contributed by atoms with E-state index in [1.54, 1.807) is 11.8 Å². The Hall–Kier alpha value is -1.30. The number of β-amino-alcohol motifs (C(OH)–C–C–N with tert-alkyl or cyclic N) is 1. The fraction of sp³-hybridized carbons (Fsp3) is 0.800. The zero-order chi connectivity index (χ0) is 12.3. The first-order valence-electron chi connectivity index (χ1n) is 5.41. The lowest BCUT2D eigenvalue weighted by atomic mass is 9.95. The molecule has 0 aromatic carbocycles. The van der Waals surface area contributed by atoms with Crippen LogP contribution in [0, 0.1) is 11.8 Å². The minimum absolute atomic E-state index is 0.0990. The lowest BCUT2D eigenvalue weighted by Gasteiger charge is -2.35. The van der Waals surface area contributed by atoms with Gasteiger partial charge in [-0.3, -0.25) is 4.79 Å². The van der Waals surface area contributed by atoms with Crippen LogP contribution in [0.4, 0.5) is 0 Å². The minimum Gasteiger partial charge on any atom is -0.409 e. The topological polar surface area (TPSA) is 99.2 Å². The number of carbonyl (C=O) groups excluding carboxylic acids is 1. The number of oxime groups is 1. The Morgan fingerprint density at radius 1 is 1.62 bits per heavy atom. The van der Waals surface area contributed by atoms with Gasteiger partial charge >= 0.3 is 0 Å². The van der Waals surface area contributed by atoms with Crippen LogP contribution in [0.1, 0.15) is 20.3 Å². The van der Waals surface area contributed by atoms with Crippen molar-refractivity contribution in [3.63, 3.8) is 0 Å². The van der Waals surface area contributed by atoms with Gasteiger partial charge in [0, 0.05) is 13.1 Å². The molecule has 1 saturated heterocycles. The zero-order valence-corrected chi connectivity index (χ0v) is 9.63. The van der Waals surface area contributed by atoms with Crippen LogP contribution in [0.2, 0.25) is 0 Å². The van der Waals surface area contributed by atoms with Crippen molar-refractivity contribution in [1.82, 2.24) is 4.90 Å². The summed E-state index contributed by atoms with van der Waals surface area (Å²) >= 11 is 0. The average molecular weight is 229 g/mol. The van der Waals surface area contributed by atoms with Crippen molar-refractivity contribution in [1.29, 1.82) is 0 Å². The molecule has 16 heavy (non-hydrogen) atoms. The monoisotopic (exact) mass is 229 g/mol. The SMILES string of the molecule is CC(C(=O)N1CCC(C)C(O)C1)C(N)=NO. The van der Waals surface area contributed by atoms with Crippen molar-refractivity contribution in [3.8, 4) is 0 Å². The minimum atomic E-state index is -0.648. The van der Waals surface area contributed by atoms with Crippen LogP contribution < -0.4 is 5.73 Å². The number of nitrogens with two attached hydrogens (primary N) is 1. The number of piperidine rings is 1. The molecule has 6 nitrogen and oxygen atoms in total. The third-order valence-corrected chi connectivity index (χ3v) is 3.16. The van der Waals surface area contributed by atoms with Crippen molar-refractivity contribution in [2.75, 3.05) is 13.1 Å². The normalized spacial score (nSPS) is 28.9. The first kappa shape index (κ1) is 12.8. The van der Waals surface area contributed by atoms with Gasteiger partial charge in [0.2, 0.25) is 5.91 Å². The van der Waals surface area contributed by atoms with E-state index in [0.29, 0.717) is 13.1 Å². The Bertz CT molecular complexity index is 293. The smallest absolute Gasteiger partial charge is 0.233 e. The first-order chi connectivity index (χ1) is 7.47. The molecule has 0 saturated carbocycles. The third-order valence-electron chi connectivity index (χ3n) is 3.16. The van der Waals surface area contributed by atoms with E-state index in [4.69, 9.17) is 10.9 Å². The summed E-state index contributed by atoms with van der Waals surface area (Å²) in [5.74, 6) is -0.742. The molecule has 0 radical (unpaired) electrons. The fourth-order valence-corrected chi connectivity index (χ4v) is 1.74. The molecule has 1 aliphatic heterocycles. The molecular weight excluding hydrogens is 210 g/mol. The number of hydrogen-bond donors (Lipinski definition) is 3. The number of nitrogens with zero attached hydrogens (tertiary/aromatic N) is 2. The lowest BCUT2D eigenvalue weighted by Crippen LogP contribution is -2.49. The van der Waals surface area contributed by atoms with Crippen LogP contribution in [0.15, 0.2) is 5.16 Å². The molecule has 3 unspecified atom stereocenters. The highest BCUT2D eigenvalue weighted by Crippen LogP contribution is 2.18. The summed E-state index contributed by atoms with van der Waals surface area (Å²) < 4.78 is 0. The standard InChI is InChI=1S/C10H19N3O3/c1-6-3-4-13(5-8(6)14)10(15)7(2)9(11)12-16/h6-8,14,16H,3-5H2,1-2H3,(H2,11,12). The van der Waals surface area contributed by atoms with Gasteiger partial charge in [-0.05, 0) is 19.3 Å². The van der Waals surface area contributed by atoms with Crippen LogP contribution in [0.3, 0.4) is 0 Å². The van der Waals surface area contributed by atoms with Gasteiger partial charge in [-0.25, -0.2) is 0 Å². The predicted octanol–water partition coefficient (Wildman–Crippen LogP) is -0.402. The summed E-state index contributed by atoms with van der Waals surface area (Å²) in [7, 11) is 0. The maximum absolute atomic E-state index is 11.9. The number of amidine groups is 1. The fourth-order valence-electron chi connectivity index (χ4n) is 1.74. The maximum Gasteiger partial charge on any atom is 0.233 e. The van der Waals surface area contributed by atoms with Gasteiger partial charge in [-0.15, -0.1) is 0 Å². The quantitative estimate of drug-likeness (QED) is 0.259. The highest BCUT2D eigenvalue weighted by Gasteiger charge is 2.30. The van der Waals surface area contributed by atoms with Crippen molar-refractivity contribution in [2.45, 2.75) is 26.4 Å². The molecule has 1 fully saturated rings. The highest BCUT2D eigenvalue weighted by atomic mass is 16.4. The van der Waals surface area contributed by atoms with E-state index < -0.39 is 12.0 Å². The number of amides is 1. The van der Waals surface area contributed by atoms with Gasteiger partial charge in [0.15, 0.2) is 5.84 Å². The highest BCUT2D eigenvalue weighted by molar-refractivity contribution is 6.01. The Labute approximate surface area is 94.7 Å². The number of aliphatic hydroxyl groups is 1. The number of carbonyl (C=O) groups is 1. The summed E-state index contributed by atoms with van der Waals surface area (Å²) in [4.78, 5) is 13.5. The van der Waals surface area contributed by atoms with Crippen LogP contribution >= 0.6 is 0 Å². The largest absolute Gasteiger partial charge is 0.409 e. The molecule has 0 aromatic rings. The van der Waals surface area contributed by atoms with Gasteiger partial charge < -0.3 is 20.9 Å². The number of aliphatic hydroxyl groups excluding tert-OH is 1. The summed E-state index contributed by atoms with van der Waals surface area (Å²) in [6.45, 7) is 4.48. The molecule has 1 aliphatic rings. The number of rotatable bonds is 2. The molecule has 0 aromatic heterocycles. The van der Waals surface area contributed by atoms with Gasteiger partial charge in [0.25, 0.3) is 0 Å². The van der Waals surface area contributed by atoms with E-state index in [2.05, 4.69) is 5.16 Å². The molecule has 3 atom stereocenters. The van der Waals surface area contributed by atoms with Gasteiger partial charge in [-0.1, -0.05) is 12.1 Å². The number of likely N-dealkylation sites (tertiary alicyclic amines) is 1. The van der Waals surface area contributed by atoms with Gasteiger partial charge in [0.1, 0.15) is 0 Å². The van der Waals surface area contributed by atoms with E-state index in [-0.39, 0.29) is 17.7 Å². The summed E-state index contributed by atoms with van der Waals surface area (Å²) in [6.07, 6.45) is 0.285. The van der Waals surface area contributed by atoms with E-state index >= 15 is 0 Å². The summed E-state index contributed by atoms with van der Waals surface area (Å²) in [5.41, 5.74) is 5.38. The van der Waals surface area contributed by atoms with E-state index in [1.807, 2.05) is 6.92 Å². The second kappa shape index (κ2) is 5.16. The molecule has 1 amide bonds. The van der Waals surface area contributed by atoms with Crippen molar-refractivity contribution in [3.05, 3.63) is 0 Å². The molecule has 1 rings (SSSR count). The zero-order valence-electron chi connectivity index (χ0n) is 9.63. The van der Waals surface area contributed by atoms with E-state index in [1.165, 1.54) is 0 Å². The van der Waals surface area contributed by atoms with Crippen LogP contribution in [0.5, 0.6) is 0 Å². The Balaban J connectivity index is 2.62. The number of hydrogen-bond acceptors (Lipinski definition) is 4. The Morgan fingerprint density at radius 3 is 2.75 bits per heavy atom. The lowest BCUT2D eigenvalue weighted by molar-refractivity contribution is -0.137. The van der Waals surface area contributed by atoms with Crippen molar-refractivity contribution < 1.29 is 15.1 Å². The molecule has 4 N–H and O–H groups in total. The maximum atomic E-state index is 11.9. The summed E-state index contributed by atoms with van der Waals surface area (Å²) in [5, 5.41) is 21.0. The molecule has 92 valence electrons. The van der Waals surface area contributed by atoms with Crippen LogP contribution in [-0.2, 0) is 4.79 Å². The molecule has 0 spiro atoms. The molecule has 0 aliphatic carbocycles. The van der Waals surface area contributed by atoms with E-state index in [0.717, 1.165) is 6.42 Å². The molecule has 0 bridgehead atoms. The van der Waals surface area contributed by atoms with Crippen molar-refractivity contribution in [2.24, 2.45) is 22.7 Å². The van der Waals surface area contributed by atoms with Crippen LogP contribution in [-0.4, -0.2) is 46.1 Å². The second-order valence-corrected chi connectivity index (χ2v) is 4.36. The van der Waals surface area contributed by atoms with Crippen LogP contribution in [0.25, 0.3) is 0 Å². The van der Waals surface area contributed by atoms with Gasteiger partial charge in [-0.2, -0.15) is 0 Å².